The van der Waals surface area contributed by atoms with Gasteiger partial charge >= 0.3 is 12.1 Å². The Labute approximate surface area is 271 Å². The second-order valence-electron chi connectivity index (χ2n) is 17.0. The summed E-state index contributed by atoms with van der Waals surface area (Å²) in [5.74, 6) is 2.15. The fourth-order valence-electron chi connectivity index (χ4n) is 12.5. The van der Waals surface area contributed by atoms with Crippen molar-refractivity contribution in [2.75, 3.05) is 26.3 Å². The van der Waals surface area contributed by atoms with Crippen molar-refractivity contribution in [3.8, 4) is 0 Å². The largest absolute Gasteiger partial charge is 0.457 e. The van der Waals surface area contributed by atoms with Gasteiger partial charge in [0.25, 0.3) is 0 Å². The molecule has 2 spiro atoms. The van der Waals surface area contributed by atoms with Gasteiger partial charge in [0.05, 0.1) is 31.0 Å². The van der Waals surface area contributed by atoms with E-state index in [4.69, 9.17) is 18.9 Å². The third-order valence-corrected chi connectivity index (χ3v) is 14.4. The van der Waals surface area contributed by atoms with E-state index in [0.717, 1.165) is 31.6 Å². The minimum absolute atomic E-state index is 0. The maximum Gasteiger partial charge on any atom is 0.410 e. The average Bonchev–Trinajstić information content (AvgIpc) is 3.53. The summed E-state index contributed by atoms with van der Waals surface area (Å²) in [4.78, 5) is 26.8. The third kappa shape index (κ3) is 4.78. The summed E-state index contributed by atoms with van der Waals surface area (Å²) in [5, 5.41) is 10.9. The lowest BCUT2D eigenvalue weighted by Gasteiger charge is -2.59. The van der Waals surface area contributed by atoms with Crippen LogP contribution in [0.5, 0.6) is 0 Å². The molecule has 5 saturated carbocycles. The lowest BCUT2D eigenvalue weighted by Crippen LogP contribution is -2.56. The Kier molecular flexibility index (Phi) is 8.24. The van der Waals surface area contributed by atoms with Crippen LogP contribution in [-0.4, -0.2) is 78.4 Å². The first-order valence-corrected chi connectivity index (χ1v) is 17.3. The minimum Gasteiger partial charge on any atom is -0.457 e. The molecule has 0 aromatic rings. The molecule has 44 heavy (non-hydrogen) atoms. The Hall–Kier alpha value is -1.03. The van der Waals surface area contributed by atoms with E-state index in [1.807, 2.05) is 4.90 Å². The molecule has 11 atom stereocenters. The molecule has 0 aromatic heterocycles. The number of nitrogens with zero attached hydrogens (tertiary/aromatic N) is 1. The van der Waals surface area contributed by atoms with Crippen LogP contribution in [0.25, 0.3) is 0 Å². The smallest absolute Gasteiger partial charge is 0.410 e. The first-order valence-electron chi connectivity index (χ1n) is 17.3. The molecule has 0 aromatic carbocycles. The van der Waals surface area contributed by atoms with Crippen LogP contribution in [0.4, 0.5) is 4.79 Å². The van der Waals surface area contributed by atoms with Gasteiger partial charge in [-0.05, 0) is 118 Å². The van der Waals surface area contributed by atoms with E-state index in [1.165, 1.54) is 45.4 Å². The maximum atomic E-state index is 13.1. The van der Waals surface area contributed by atoms with Crippen molar-refractivity contribution >= 4 is 25.6 Å². The number of rotatable bonds is 4. The van der Waals surface area contributed by atoms with E-state index in [1.54, 1.807) is 13.8 Å². The molecule has 1 N–H and O–H groups in total. The SMILES string of the molecule is CC(=O)O[C@@H](C1CCC2C(CC3C4CCC5C(C)(C)[C@@H](OC(=O)N6CCOCC6)CCC56C[C@@]46CCC23C)O1)C(C)(C)O.S. The van der Waals surface area contributed by atoms with Crippen molar-refractivity contribution in [3.05, 3.63) is 0 Å². The second kappa shape index (κ2) is 11.0. The molecule has 8 unspecified atom stereocenters. The van der Waals surface area contributed by atoms with Crippen molar-refractivity contribution in [1.29, 1.82) is 0 Å². The Morgan fingerprint density at radius 3 is 2.32 bits per heavy atom. The monoisotopic (exact) mass is 635 g/mol. The number of hydrogen-bond donors (Lipinski definition) is 1. The molecule has 7 aliphatic rings. The van der Waals surface area contributed by atoms with Crippen molar-refractivity contribution in [3.63, 3.8) is 0 Å². The Balaban J connectivity index is 0.00000343. The molecule has 0 radical (unpaired) electrons. The van der Waals surface area contributed by atoms with Crippen LogP contribution in [-0.2, 0) is 23.7 Å². The van der Waals surface area contributed by atoms with Crippen LogP contribution in [0.1, 0.15) is 106 Å². The predicted octanol–water partition coefficient (Wildman–Crippen LogP) is 5.85. The Bertz CT molecular complexity index is 1130. The lowest BCUT2D eigenvalue weighted by atomic mass is 9.46. The highest BCUT2D eigenvalue weighted by Gasteiger charge is 2.81. The molecule has 7 fully saturated rings. The average molecular weight is 636 g/mol. The molecule has 2 heterocycles. The van der Waals surface area contributed by atoms with Crippen molar-refractivity contribution < 1.29 is 33.6 Å². The fourth-order valence-corrected chi connectivity index (χ4v) is 12.5. The van der Waals surface area contributed by atoms with E-state index in [-0.39, 0.29) is 54.7 Å². The predicted molar refractivity (Wildman–Crippen MR) is 170 cm³/mol. The number of esters is 1. The summed E-state index contributed by atoms with van der Waals surface area (Å²) in [7, 11) is 0. The summed E-state index contributed by atoms with van der Waals surface area (Å²) >= 11 is 0. The van der Waals surface area contributed by atoms with E-state index in [0.29, 0.717) is 54.9 Å². The molecule has 5 aliphatic carbocycles. The topological polar surface area (TPSA) is 94.5 Å². The molecule has 9 heteroatoms. The first kappa shape index (κ1) is 32.9. The summed E-state index contributed by atoms with van der Waals surface area (Å²) in [6.07, 6.45) is 10.7. The lowest BCUT2D eigenvalue weighted by molar-refractivity contribution is -0.200. The molecule has 7 rings (SSSR count). The summed E-state index contributed by atoms with van der Waals surface area (Å²) in [6, 6.07) is 0. The summed E-state index contributed by atoms with van der Waals surface area (Å²) < 4.78 is 24.2. The van der Waals surface area contributed by atoms with E-state index in [9.17, 15) is 14.7 Å². The Morgan fingerprint density at radius 2 is 1.64 bits per heavy atom. The number of carbonyl (C=O) groups excluding carboxylic acids is 2. The van der Waals surface area contributed by atoms with Gasteiger partial charge in [0, 0.05) is 25.4 Å². The number of ether oxygens (including phenoxy) is 4. The number of hydrogen-bond acceptors (Lipinski definition) is 7. The zero-order valence-corrected chi connectivity index (χ0v) is 28.9. The van der Waals surface area contributed by atoms with Gasteiger partial charge in [0.15, 0.2) is 6.10 Å². The fraction of sp³-hybridized carbons (Fsp3) is 0.943. The highest BCUT2D eigenvalue weighted by Crippen LogP contribution is 2.87. The molecule has 0 bridgehead atoms. The minimum atomic E-state index is -1.15. The zero-order chi connectivity index (χ0) is 30.6. The van der Waals surface area contributed by atoms with Crippen molar-refractivity contribution in [2.24, 2.45) is 45.3 Å². The van der Waals surface area contributed by atoms with Gasteiger partial charge in [-0.3, -0.25) is 4.79 Å². The highest BCUT2D eigenvalue weighted by molar-refractivity contribution is 7.59. The normalized spacial score (nSPS) is 46.1. The summed E-state index contributed by atoms with van der Waals surface area (Å²) in [6.45, 7) is 14.6. The number of morpholine rings is 1. The van der Waals surface area contributed by atoms with E-state index >= 15 is 0 Å². The van der Waals surface area contributed by atoms with Gasteiger partial charge in [0.1, 0.15) is 6.10 Å². The molecule has 1 amide bonds. The van der Waals surface area contributed by atoms with Gasteiger partial charge in [-0.2, -0.15) is 13.5 Å². The van der Waals surface area contributed by atoms with E-state index in [2.05, 4.69) is 20.8 Å². The van der Waals surface area contributed by atoms with Crippen LogP contribution in [0.2, 0.25) is 0 Å². The van der Waals surface area contributed by atoms with E-state index < -0.39 is 11.7 Å². The van der Waals surface area contributed by atoms with Crippen LogP contribution < -0.4 is 0 Å². The van der Waals surface area contributed by atoms with Gasteiger partial charge in [-0.15, -0.1) is 0 Å². The summed E-state index contributed by atoms with van der Waals surface area (Å²) in [5.41, 5.74) is -0.0756. The first-order chi connectivity index (χ1) is 20.2. The number of fused-ring (bicyclic) bond motifs is 4. The number of amides is 1. The van der Waals surface area contributed by atoms with Crippen LogP contribution in [0.3, 0.4) is 0 Å². The maximum absolute atomic E-state index is 13.1. The molecule has 8 nitrogen and oxygen atoms in total. The third-order valence-electron chi connectivity index (χ3n) is 14.4. The zero-order valence-electron chi connectivity index (χ0n) is 27.9. The van der Waals surface area contributed by atoms with Gasteiger partial charge in [-0.25, -0.2) is 4.79 Å². The second-order valence-corrected chi connectivity index (χ2v) is 17.0. The molecule has 2 saturated heterocycles. The van der Waals surface area contributed by atoms with Gasteiger partial charge in [-0.1, -0.05) is 20.8 Å². The molecular formula is C35H57NO7S. The molecular weight excluding hydrogens is 578 g/mol. The molecule has 2 aliphatic heterocycles. The number of carbonyl (C=O) groups is 2. The van der Waals surface area contributed by atoms with Gasteiger partial charge in [0.2, 0.25) is 0 Å². The number of aliphatic hydroxyl groups is 1. The highest BCUT2D eigenvalue weighted by atomic mass is 32.1. The van der Waals surface area contributed by atoms with Crippen LogP contribution >= 0.6 is 13.5 Å². The van der Waals surface area contributed by atoms with Crippen molar-refractivity contribution in [2.45, 2.75) is 136 Å². The Morgan fingerprint density at radius 1 is 0.932 bits per heavy atom. The van der Waals surface area contributed by atoms with Crippen molar-refractivity contribution in [1.82, 2.24) is 4.90 Å². The van der Waals surface area contributed by atoms with Crippen LogP contribution in [0, 0.1) is 45.3 Å². The molecule has 250 valence electrons. The van der Waals surface area contributed by atoms with Gasteiger partial charge < -0.3 is 29.0 Å². The van der Waals surface area contributed by atoms with Crippen LogP contribution in [0.15, 0.2) is 0 Å². The quantitative estimate of drug-likeness (QED) is 0.388. The standard InChI is InChI=1S/C35H55NO7.H2S/c1-21(37)41-29(32(4,5)39)25-9-7-23-26(42-25)19-24-22-8-10-27-31(2,3)28(43-30(38)36-15-17-40-18-16-36)11-12-35(27)20-34(22,35)14-13-33(23,24)6;/h22-29,39H,7-20H2,1-6H3;1H2/t22?,23?,24?,25?,26?,27?,28-,29-,33?,34-,35?;/m0./s1.